The Morgan fingerprint density at radius 3 is 2.50 bits per heavy atom. The highest BCUT2D eigenvalue weighted by molar-refractivity contribution is 8.69. The second kappa shape index (κ2) is 5.22. The summed E-state index contributed by atoms with van der Waals surface area (Å²) in [5, 5.41) is 0. The molecule has 0 fully saturated rings. The summed E-state index contributed by atoms with van der Waals surface area (Å²) in [6, 6.07) is 0. The summed E-state index contributed by atoms with van der Waals surface area (Å²) in [5.41, 5.74) is 10.0. The van der Waals surface area contributed by atoms with Gasteiger partial charge in [0, 0.05) is 12.3 Å². The van der Waals surface area contributed by atoms with Crippen LogP contribution in [0.1, 0.15) is 6.42 Å². The standard InChI is InChI=1S/C4H11N3O3S2/c5-4(6)7-2-1-3-11-12(8,9)10/h1-3H2,(H4,5,6,7)(H,8,9,10). The van der Waals surface area contributed by atoms with Gasteiger partial charge in [0.05, 0.1) is 0 Å². The van der Waals surface area contributed by atoms with Gasteiger partial charge in [0.1, 0.15) is 0 Å². The molecule has 0 amide bonds. The van der Waals surface area contributed by atoms with Crippen LogP contribution in [0.3, 0.4) is 0 Å². The molecule has 0 aromatic rings. The SMILES string of the molecule is NC(N)=NCCCSS(=O)(=O)O. The molecule has 0 rings (SSSR count). The van der Waals surface area contributed by atoms with Crippen molar-refractivity contribution in [3.63, 3.8) is 0 Å². The van der Waals surface area contributed by atoms with Crippen molar-refractivity contribution < 1.29 is 13.0 Å². The van der Waals surface area contributed by atoms with Gasteiger partial charge in [0.25, 0.3) is 0 Å². The molecular formula is C4H11N3O3S2. The molecule has 6 nitrogen and oxygen atoms in total. The number of hydrogen-bond acceptors (Lipinski definition) is 4. The van der Waals surface area contributed by atoms with Crippen LogP contribution in [0.4, 0.5) is 0 Å². The third-order valence-corrected chi connectivity index (χ3v) is 2.98. The van der Waals surface area contributed by atoms with E-state index in [-0.39, 0.29) is 11.7 Å². The first-order valence-electron chi connectivity index (χ1n) is 3.09. The maximum absolute atomic E-state index is 10.2. The van der Waals surface area contributed by atoms with Crippen LogP contribution in [-0.4, -0.2) is 31.2 Å². The molecule has 0 saturated heterocycles. The molecule has 0 aromatic heterocycles. The molecule has 12 heavy (non-hydrogen) atoms. The highest BCUT2D eigenvalue weighted by Crippen LogP contribution is 2.09. The molecule has 0 spiro atoms. The van der Waals surface area contributed by atoms with E-state index in [2.05, 4.69) is 4.99 Å². The van der Waals surface area contributed by atoms with Crippen LogP contribution < -0.4 is 11.5 Å². The Bertz CT molecular complexity index is 244. The molecule has 0 aliphatic heterocycles. The summed E-state index contributed by atoms with van der Waals surface area (Å²) >= 11 is 0. The first-order chi connectivity index (χ1) is 5.42. The molecule has 0 bridgehead atoms. The second-order valence-corrected chi connectivity index (χ2v) is 5.38. The van der Waals surface area contributed by atoms with Crippen molar-refractivity contribution in [3.05, 3.63) is 0 Å². The van der Waals surface area contributed by atoms with Crippen LogP contribution in [0.15, 0.2) is 4.99 Å². The van der Waals surface area contributed by atoms with Gasteiger partial charge in [-0.25, -0.2) is 0 Å². The summed E-state index contributed by atoms with van der Waals surface area (Å²) in [6.07, 6.45) is 0.502. The van der Waals surface area contributed by atoms with Crippen LogP contribution in [0.25, 0.3) is 0 Å². The lowest BCUT2D eigenvalue weighted by Crippen LogP contribution is -2.23. The fourth-order valence-electron chi connectivity index (χ4n) is 0.437. The lowest BCUT2D eigenvalue weighted by molar-refractivity contribution is 0.503. The Hall–Kier alpha value is -0.470. The number of rotatable bonds is 5. The van der Waals surface area contributed by atoms with E-state index in [4.69, 9.17) is 16.0 Å². The molecule has 5 N–H and O–H groups in total. The highest BCUT2D eigenvalue weighted by atomic mass is 33.1. The maximum atomic E-state index is 10.2. The largest absolute Gasteiger partial charge is 0.370 e. The van der Waals surface area contributed by atoms with E-state index in [0.717, 1.165) is 0 Å². The second-order valence-electron chi connectivity index (χ2n) is 1.91. The van der Waals surface area contributed by atoms with E-state index in [0.29, 0.717) is 23.8 Å². The Morgan fingerprint density at radius 2 is 2.08 bits per heavy atom. The molecule has 0 radical (unpaired) electrons. The minimum absolute atomic E-state index is 0.0214. The van der Waals surface area contributed by atoms with Crippen molar-refractivity contribution >= 4 is 25.9 Å². The molecule has 0 aromatic carbocycles. The Labute approximate surface area is 74.6 Å². The summed E-state index contributed by atoms with van der Waals surface area (Å²) in [7, 11) is -3.46. The van der Waals surface area contributed by atoms with Crippen LogP contribution in [0, 0.1) is 0 Å². The van der Waals surface area contributed by atoms with Gasteiger partial charge >= 0.3 is 9.15 Å². The zero-order valence-corrected chi connectivity index (χ0v) is 7.94. The van der Waals surface area contributed by atoms with Gasteiger partial charge in [-0.3, -0.25) is 9.55 Å². The van der Waals surface area contributed by atoms with E-state index < -0.39 is 9.15 Å². The summed E-state index contributed by atoms with van der Waals surface area (Å²) < 4.78 is 28.6. The third-order valence-electron chi connectivity index (χ3n) is 0.829. The molecule has 8 heteroatoms. The summed E-state index contributed by atoms with van der Waals surface area (Å²) in [5.74, 6) is 0.252. The average molecular weight is 213 g/mol. The van der Waals surface area contributed by atoms with E-state index in [1.54, 1.807) is 0 Å². The molecule has 0 atom stereocenters. The fraction of sp³-hybridized carbons (Fsp3) is 0.750. The predicted molar refractivity (Wildman–Crippen MR) is 49.3 cm³/mol. The number of nitrogens with zero attached hydrogens (tertiary/aromatic N) is 1. The zero-order chi connectivity index (χ0) is 9.61. The van der Waals surface area contributed by atoms with Gasteiger partial charge in [0.15, 0.2) is 5.96 Å². The van der Waals surface area contributed by atoms with Gasteiger partial charge in [-0.1, -0.05) is 0 Å². The average Bonchev–Trinajstić information content (AvgIpc) is 1.83. The van der Waals surface area contributed by atoms with Crippen molar-refractivity contribution in [2.45, 2.75) is 6.42 Å². The zero-order valence-electron chi connectivity index (χ0n) is 6.30. The van der Waals surface area contributed by atoms with Crippen LogP contribution in [0.2, 0.25) is 0 Å². The molecule has 0 saturated carbocycles. The lowest BCUT2D eigenvalue weighted by Gasteiger charge is -1.95. The number of guanidine groups is 1. The summed E-state index contributed by atoms with van der Waals surface area (Å²) in [6.45, 7) is 0.366. The first kappa shape index (κ1) is 11.5. The third kappa shape index (κ3) is 9.53. The van der Waals surface area contributed by atoms with Crippen LogP contribution in [-0.2, 0) is 9.15 Å². The van der Waals surface area contributed by atoms with Crippen molar-refractivity contribution in [3.8, 4) is 0 Å². The van der Waals surface area contributed by atoms with E-state index in [1.165, 1.54) is 0 Å². The van der Waals surface area contributed by atoms with Gasteiger partial charge in [-0.05, 0) is 17.2 Å². The van der Waals surface area contributed by atoms with Gasteiger partial charge in [0.2, 0.25) is 0 Å². The number of nitrogens with two attached hydrogens (primary N) is 2. The molecule has 72 valence electrons. The fourth-order valence-corrected chi connectivity index (χ4v) is 1.88. The Kier molecular flexibility index (Phi) is 5.02. The molecule has 0 aliphatic rings. The minimum atomic E-state index is -3.92. The minimum Gasteiger partial charge on any atom is -0.370 e. The van der Waals surface area contributed by atoms with E-state index in [1.807, 2.05) is 0 Å². The molecule has 0 heterocycles. The normalized spacial score (nSPS) is 11.1. The van der Waals surface area contributed by atoms with E-state index in [9.17, 15) is 8.42 Å². The number of aliphatic imine (C=N–C) groups is 1. The Balaban J connectivity index is 3.41. The molecule has 0 unspecified atom stereocenters. The van der Waals surface area contributed by atoms with Gasteiger partial charge in [-0.15, -0.1) is 0 Å². The summed E-state index contributed by atoms with van der Waals surface area (Å²) in [4.78, 5) is 3.63. The first-order valence-corrected chi connectivity index (χ1v) is 6.03. The lowest BCUT2D eigenvalue weighted by atomic mass is 10.5. The number of hydrogen-bond donors (Lipinski definition) is 3. The van der Waals surface area contributed by atoms with Crippen molar-refractivity contribution in [2.75, 3.05) is 12.3 Å². The topological polar surface area (TPSA) is 119 Å². The van der Waals surface area contributed by atoms with Crippen molar-refractivity contribution in [2.24, 2.45) is 16.5 Å². The molecule has 0 aliphatic carbocycles. The van der Waals surface area contributed by atoms with Gasteiger partial charge < -0.3 is 11.5 Å². The smallest absolute Gasteiger partial charge is 0.319 e. The van der Waals surface area contributed by atoms with Crippen molar-refractivity contribution in [1.29, 1.82) is 0 Å². The molecular weight excluding hydrogens is 202 g/mol. The monoisotopic (exact) mass is 213 g/mol. The predicted octanol–water partition coefficient (Wildman–Crippen LogP) is -0.814. The van der Waals surface area contributed by atoms with Crippen LogP contribution >= 0.6 is 10.8 Å². The van der Waals surface area contributed by atoms with Crippen molar-refractivity contribution in [1.82, 2.24) is 0 Å². The Morgan fingerprint density at radius 1 is 1.50 bits per heavy atom. The highest BCUT2D eigenvalue weighted by Gasteiger charge is 2.03. The maximum Gasteiger partial charge on any atom is 0.319 e. The van der Waals surface area contributed by atoms with Gasteiger partial charge in [-0.2, -0.15) is 8.42 Å². The van der Waals surface area contributed by atoms with Crippen LogP contribution in [0.5, 0.6) is 0 Å². The van der Waals surface area contributed by atoms with E-state index >= 15 is 0 Å². The quantitative estimate of drug-likeness (QED) is 0.181.